The third-order valence-electron chi connectivity index (χ3n) is 2.94. The van der Waals surface area contributed by atoms with Gasteiger partial charge in [-0.3, -0.25) is 14.4 Å². The lowest BCUT2D eigenvalue weighted by Crippen LogP contribution is -2.45. The lowest BCUT2D eigenvalue weighted by atomic mass is 10.1. The molecule has 23 heavy (non-hydrogen) atoms. The summed E-state index contributed by atoms with van der Waals surface area (Å²) in [7, 11) is 1.19. The average molecular weight is 322 g/mol. The normalized spacial score (nSPS) is 11.2. The number of carbonyl (C=O) groups is 4. The first kappa shape index (κ1) is 18.1. The molecule has 1 atom stereocenters. The highest BCUT2D eigenvalue weighted by Gasteiger charge is 2.21. The molecule has 0 fully saturated rings. The lowest BCUT2D eigenvalue weighted by molar-refractivity contribution is -0.144. The van der Waals surface area contributed by atoms with Crippen molar-refractivity contribution in [2.75, 3.05) is 13.7 Å². The van der Waals surface area contributed by atoms with Gasteiger partial charge in [-0.05, 0) is 18.6 Å². The lowest BCUT2D eigenvalue weighted by Gasteiger charge is -2.14. The third kappa shape index (κ3) is 6.60. The Hall–Kier alpha value is -2.90. The van der Waals surface area contributed by atoms with Gasteiger partial charge in [-0.25, -0.2) is 4.79 Å². The van der Waals surface area contributed by atoms with Crippen LogP contribution in [0.1, 0.15) is 23.2 Å². The second-order valence-electron chi connectivity index (χ2n) is 4.62. The van der Waals surface area contributed by atoms with Gasteiger partial charge in [0.15, 0.2) is 0 Å². The first-order chi connectivity index (χ1) is 10.9. The van der Waals surface area contributed by atoms with Crippen LogP contribution >= 0.6 is 0 Å². The summed E-state index contributed by atoms with van der Waals surface area (Å²) in [5.41, 5.74) is 0.390. The maximum absolute atomic E-state index is 11.8. The van der Waals surface area contributed by atoms with Crippen molar-refractivity contribution in [3.63, 3.8) is 0 Å². The molecular formula is C15H18N2O6. The molecule has 8 heteroatoms. The minimum atomic E-state index is -1.27. The molecule has 0 saturated carbocycles. The predicted molar refractivity (Wildman–Crippen MR) is 79.6 cm³/mol. The highest BCUT2D eigenvalue weighted by atomic mass is 16.5. The van der Waals surface area contributed by atoms with Gasteiger partial charge >= 0.3 is 11.9 Å². The Morgan fingerprint density at radius 3 is 2.39 bits per heavy atom. The van der Waals surface area contributed by atoms with Crippen molar-refractivity contribution in [3.8, 4) is 0 Å². The molecule has 1 aromatic rings. The number of hydrogen-bond acceptors (Lipinski definition) is 5. The molecule has 1 aromatic carbocycles. The largest absolute Gasteiger partial charge is 0.480 e. The zero-order valence-corrected chi connectivity index (χ0v) is 12.6. The van der Waals surface area contributed by atoms with E-state index < -0.39 is 29.8 Å². The minimum absolute atomic E-state index is 0.0968. The molecule has 0 spiro atoms. The van der Waals surface area contributed by atoms with Gasteiger partial charge in [0, 0.05) is 12.0 Å². The van der Waals surface area contributed by atoms with E-state index in [-0.39, 0.29) is 19.4 Å². The van der Waals surface area contributed by atoms with Crippen molar-refractivity contribution in [1.82, 2.24) is 10.6 Å². The second kappa shape index (κ2) is 9.19. The fourth-order valence-corrected chi connectivity index (χ4v) is 1.72. The van der Waals surface area contributed by atoms with Crippen LogP contribution in [0.25, 0.3) is 0 Å². The van der Waals surface area contributed by atoms with Crippen LogP contribution < -0.4 is 10.6 Å². The predicted octanol–water partition coefficient (Wildman–Crippen LogP) is -0.0610. The Morgan fingerprint density at radius 2 is 1.83 bits per heavy atom. The summed E-state index contributed by atoms with van der Waals surface area (Å²) >= 11 is 0. The highest BCUT2D eigenvalue weighted by Crippen LogP contribution is 2.00. The molecular weight excluding hydrogens is 304 g/mol. The van der Waals surface area contributed by atoms with E-state index in [2.05, 4.69) is 15.4 Å². The Kier molecular flexibility index (Phi) is 7.25. The van der Waals surface area contributed by atoms with Crippen LogP contribution in [-0.4, -0.2) is 48.6 Å². The van der Waals surface area contributed by atoms with E-state index in [1.165, 1.54) is 7.11 Å². The number of esters is 1. The van der Waals surface area contributed by atoms with E-state index in [1.807, 2.05) is 0 Å². The standard InChI is InChI=1S/C15H18N2O6/c1-23-13(19)8-7-11(15(21)22)17-12(18)9-16-14(20)10-5-3-2-4-6-10/h2-6,11H,7-9H2,1H3,(H,16,20)(H,17,18)(H,21,22)/t11-/m0/s1. The summed E-state index contributed by atoms with van der Waals surface area (Å²) in [6.07, 6.45) is -0.232. The summed E-state index contributed by atoms with van der Waals surface area (Å²) in [5.74, 6) is -2.94. The molecule has 0 aliphatic heterocycles. The Morgan fingerprint density at radius 1 is 1.17 bits per heavy atom. The molecule has 3 N–H and O–H groups in total. The van der Waals surface area contributed by atoms with Gasteiger partial charge in [0.25, 0.3) is 5.91 Å². The van der Waals surface area contributed by atoms with Gasteiger partial charge in [-0.1, -0.05) is 18.2 Å². The number of carboxylic acids is 1. The quantitative estimate of drug-likeness (QED) is 0.576. The molecule has 0 saturated heterocycles. The number of hydrogen-bond donors (Lipinski definition) is 3. The third-order valence-corrected chi connectivity index (χ3v) is 2.94. The number of carboxylic acid groups (broad SMARTS) is 1. The molecule has 8 nitrogen and oxygen atoms in total. The average Bonchev–Trinajstić information content (AvgIpc) is 2.56. The van der Waals surface area contributed by atoms with Crippen LogP contribution in [0.4, 0.5) is 0 Å². The molecule has 0 aliphatic carbocycles. The summed E-state index contributed by atoms with van der Waals surface area (Å²) < 4.78 is 4.41. The molecule has 0 bridgehead atoms. The van der Waals surface area contributed by atoms with E-state index in [0.29, 0.717) is 5.56 Å². The molecule has 0 heterocycles. The van der Waals surface area contributed by atoms with Crippen LogP contribution in [0, 0.1) is 0 Å². The fourth-order valence-electron chi connectivity index (χ4n) is 1.72. The van der Waals surface area contributed by atoms with E-state index >= 15 is 0 Å². The van der Waals surface area contributed by atoms with E-state index in [4.69, 9.17) is 5.11 Å². The van der Waals surface area contributed by atoms with Crippen molar-refractivity contribution in [1.29, 1.82) is 0 Å². The first-order valence-electron chi connectivity index (χ1n) is 6.86. The number of aliphatic carboxylic acids is 1. The van der Waals surface area contributed by atoms with Crippen molar-refractivity contribution in [2.45, 2.75) is 18.9 Å². The van der Waals surface area contributed by atoms with Crippen LogP contribution in [0.2, 0.25) is 0 Å². The van der Waals surface area contributed by atoms with Crippen molar-refractivity contribution >= 4 is 23.8 Å². The number of nitrogens with one attached hydrogen (secondary N) is 2. The van der Waals surface area contributed by atoms with Crippen molar-refractivity contribution in [2.24, 2.45) is 0 Å². The smallest absolute Gasteiger partial charge is 0.326 e. The van der Waals surface area contributed by atoms with Gasteiger partial charge in [0.2, 0.25) is 5.91 Å². The van der Waals surface area contributed by atoms with Crippen LogP contribution in [-0.2, 0) is 19.1 Å². The number of methoxy groups -OCH3 is 1. The summed E-state index contributed by atoms with van der Waals surface area (Å²) in [6.45, 7) is -0.365. The zero-order chi connectivity index (χ0) is 17.2. The number of carbonyl (C=O) groups excluding carboxylic acids is 3. The Bertz CT molecular complexity index is 573. The molecule has 0 radical (unpaired) electrons. The second-order valence-corrected chi connectivity index (χ2v) is 4.62. The highest BCUT2D eigenvalue weighted by molar-refractivity contribution is 5.96. The molecule has 0 aromatic heterocycles. The fraction of sp³-hybridized carbons (Fsp3) is 0.333. The number of rotatable bonds is 8. The van der Waals surface area contributed by atoms with Gasteiger partial charge in [-0.15, -0.1) is 0 Å². The number of ether oxygens (including phenoxy) is 1. The molecule has 124 valence electrons. The van der Waals surface area contributed by atoms with Gasteiger partial charge < -0.3 is 20.5 Å². The van der Waals surface area contributed by atoms with Gasteiger partial charge in [0.05, 0.1) is 13.7 Å². The van der Waals surface area contributed by atoms with Crippen LogP contribution in [0.3, 0.4) is 0 Å². The maximum Gasteiger partial charge on any atom is 0.326 e. The molecule has 1 rings (SSSR count). The monoisotopic (exact) mass is 322 g/mol. The maximum atomic E-state index is 11.8. The number of amides is 2. The molecule has 0 unspecified atom stereocenters. The Balaban J connectivity index is 2.45. The summed E-state index contributed by atoms with van der Waals surface area (Å²) in [6, 6.07) is 7.07. The van der Waals surface area contributed by atoms with Crippen LogP contribution in [0.5, 0.6) is 0 Å². The summed E-state index contributed by atoms with van der Waals surface area (Å²) in [5, 5.41) is 13.6. The minimum Gasteiger partial charge on any atom is -0.480 e. The molecule has 0 aliphatic rings. The number of benzene rings is 1. The molecule has 2 amide bonds. The van der Waals surface area contributed by atoms with Crippen LogP contribution in [0.15, 0.2) is 30.3 Å². The SMILES string of the molecule is COC(=O)CC[C@H](NC(=O)CNC(=O)c1ccccc1)C(=O)O. The van der Waals surface area contributed by atoms with Crippen molar-refractivity contribution < 1.29 is 29.0 Å². The van der Waals surface area contributed by atoms with Gasteiger partial charge in [-0.2, -0.15) is 0 Å². The topological polar surface area (TPSA) is 122 Å². The first-order valence-corrected chi connectivity index (χ1v) is 6.86. The van der Waals surface area contributed by atoms with E-state index in [0.717, 1.165) is 0 Å². The zero-order valence-electron chi connectivity index (χ0n) is 12.6. The van der Waals surface area contributed by atoms with E-state index in [1.54, 1.807) is 30.3 Å². The van der Waals surface area contributed by atoms with Crippen molar-refractivity contribution in [3.05, 3.63) is 35.9 Å². The Labute approximate surface area is 132 Å². The van der Waals surface area contributed by atoms with E-state index in [9.17, 15) is 19.2 Å². The van der Waals surface area contributed by atoms with Gasteiger partial charge in [0.1, 0.15) is 6.04 Å². The summed E-state index contributed by atoms with van der Waals surface area (Å²) in [4.78, 5) is 45.5.